The van der Waals surface area contributed by atoms with Gasteiger partial charge in [-0.25, -0.2) is 4.79 Å². The highest BCUT2D eigenvalue weighted by molar-refractivity contribution is 6.05. The number of hydrogen-bond donors (Lipinski definition) is 1. The van der Waals surface area contributed by atoms with E-state index >= 15 is 0 Å². The Kier molecular flexibility index (Phi) is 6.98. The summed E-state index contributed by atoms with van der Waals surface area (Å²) in [5.74, 6) is -1.20. The Morgan fingerprint density at radius 3 is 1.90 bits per heavy atom. The van der Waals surface area contributed by atoms with Crippen LogP contribution < -0.4 is 14.8 Å². The van der Waals surface area contributed by atoms with Crippen LogP contribution in [0.3, 0.4) is 0 Å². The predicted molar refractivity (Wildman–Crippen MR) is 107 cm³/mol. The number of carbonyl (C=O) groups is 3. The van der Waals surface area contributed by atoms with Crippen molar-refractivity contribution in [2.75, 3.05) is 20.8 Å². The van der Waals surface area contributed by atoms with Gasteiger partial charge in [0.1, 0.15) is 11.5 Å². The molecular weight excluding hydrogens is 374 g/mol. The van der Waals surface area contributed by atoms with Crippen LogP contribution in [-0.4, -0.2) is 38.6 Å². The number of carbonyl (C=O) groups excluding carboxylic acids is 3. The average molecular weight is 399 g/mol. The van der Waals surface area contributed by atoms with Crippen LogP contribution in [0, 0.1) is 0 Å². The molecule has 0 radical (unpaired) electrons. The van der Waals surface area contributed by atoms with Gasteiger partial charge < -0.3 is 14.2 Å². The molecular formula is C22H25NO6. The summed E-state index contributed by atoms with van der Waals surface area (Å²) in [6.45, 7) is 5.61. The minimum absolute atomic E-state index is 0.0399. The van der Waals surface area contributed by atoms with E-state index in [0.29, 0.717) is 17.1 Å². The summed E-state index contributed by atoms with van der Waals surface area (Å²) in [4.78, 5) is 36.3. The van der Waals surface area contributed by atoms with Crippen LogP contribution in [-0.2, 0) is 14.9 Å². The van der Waals surface area contributed by atoms with Gasteiger partial charge in [-0.3, -0.25) is 14.9 Å². The number of amides is 2. The fraction of sp³-hybridized carbons (Fsp3) is 0.318. The summed E-state index contributed by atoms with van der Waals surface area (Å²) in [6, 6.07) is 11.5. The first-order valence-corrected chi connectivity index (χ1v) is 8.99. The normalized spacial score (nSPS) is 10.8. The molecule has 2 rings (SSSR count). The SMILES string of the molecule is COc1cc(OC)cc(C(=O)OCC(=O)NC(=O)c2ccc(C(C)(C)C)cc2)c1. The summed E-state index contributed by atoms with van der Waals surface area (Å²) in [5, 5.41) is 2.20. The van der Waals surface area contributed by atoms with Crippen molar-refractivity contribution in [1.82, 2.24) is 5.32 Å². The number of nitrogens with one attached hydrogen (secondary N) is 1. The zero-order valence-electron chi connectivity index (χ0n) is 17.2. The number of imide groups is 1. The maximum Gasteiger partial charge on any atom is 0.338 e. The van der Waals surface area contributed by atoms with Gasteiger partial charge in [0.15, 0.2) is 6.61 Å². The Morgan fingerprint density at radius 2 is 1.41 bits per heavy atom. The van der Waals surface area contributed by atoms with Gasteiger partial charge >= 0.3 is 5.97 Å². The fourth-order valence-corrected chi connectivity index (χ4v) is 2.50. The van der Waals surface area contributed by atoms with Crippen LogP contribution in [0.5, 0.6) is 11.5 Å². The van der Waals surface area contributed by atoms with E-state index in [1.165, 1.54) is 26.4 Å². The monoisotopic (exact) mass is 399 g/mol. The molecule has 0 heterocycles. The lowest BCUT2D eigenvalue weighted by molar-refractivity contribution is -0.123. The molecule has 0 aliphatic heterocycles. The Bertz CT molecular complexity index is 874. The number of hydrogen-bond acceptors (Lipinski definition) is 6. The maximum atomic E-state index is 12.2. The Balaban J connectivity index is 1.94. The number of rotatable bonds is 6. The molecule has 2 amide bonds. The summed E-state index contributed by atoms with van der Waals surface area (Å²) < 4.78 is 15.2. The van der Waals surface area contributed by atoms with Crippen molar-refractivity contribution in [3.05, 3.63) is 59.2 Å². The van der Waals surface area contributed by atoms with Crippen LogP contribution in [0.15, 0.2) is 42.5 Å². The largest absolute Gasteiger partial charge is 0.497 e. The van der Waals surface area contributed by atoms with Crippen molar-refractivity contribution in [3.63, 3.8) is 0 Å². The van der Waals surface area contributed by atoms with E-state index < -0.39 is 24.4 Å². The molecule has 2 aromatic rings. The summed E-state index contributed by atoms with van der Waals surface area (Å²) >= 11 is 0. The van der Waals surface area contributed by atoms with E-state index in [2.05, 4.69) is 26.1 Å². The zero-order valence-corrected chi connectivity index (χ0v) is 17.2. The lowest BCUT2D eigenvalue weighted by atomic mass is 9.87. The highest BCUT2D eigenvalue weighted by atomic mass is 16.5. The molecule has 7 nitrogen and oxygen atoms in total. The molecule has 0 saturated carbocycles. The number of methoxy groups -OCH3 is 2. The summed E-state index contributed by atoms with van der Waals surface area (Å²) in [7, 11) is 2.91. The Hall–Kier alpha value is -3.35. The zero-order chi connectivity index (χ0) is 21.6. The van der Waals surface area contributed by atoms with Crippen molar-refractivity contribution >= 4 is 17.8 Å². The van der Waals surface area contributed by atoms with Gasteiger partial charge in [0.2, 0.25) is 0 Å². The number of ether oxygens (including phenoxy) is 3. The van der Waals surface area contributed by atoms with Crippen molar-refractivity contribution in [3.8, 4) is 11.5 Å². The minimum atomic E-state index is -0.737. The van der Waals surface area contributed by atoms with Crippen LogP contribution >= 0.6 is 0 Å². The van der Waals surface area contributed by atoms with Gasteiger partial charge in [-0.2, -0.15) is 0 Å². The molecule has 0 aliphatic carbocycles. The van der Waals surface area contributed by atoms with Gasteiger partial charge in [0.05, 0.1) is 19.8 Å². The van der Waals surface area contributed by atoms with Gasteiger partial charge in [-0.1, -0.05) is 32.9 Å². The van der Waals surface area contributed by atoms with E-state index in [4.69, 9.17) is 14.2 Å². The first-order valence-electron chi connectivity index (χ1n) is 8.99. The van der Waals surface area contributed by atoms with Gasteiger partial charge in [-0.15, -0.1) is 0 Å². The molecule has 0 spiro atoms. The molecule has 0 atom stereocenters. The van der Waals surface area contributed by atoms with Crippen LogP contribution in [0.1, 0.15) is 47.1 Å². The van der Waals surface area contributed by atoms with Crippen LogP contribution in [0.2, 0.25) is 0 Å². The smallest absolute Gasteiger partial charge is 0.338 e. The van der Waals surface area contributed by atoms with E-state index in [9.17, 15) is 14.4 Å². The van der Waals surface area contributed by atoms with Crippen LogP contribution in [0.25, 0.3) is 0 Å². The highest BCUT2D eigenvalue weighted by Gasteiger charge is 2.17. The molecule has 0 fully saturated rings. The van der Waals surface area contributed by atoms with Crippen molar-refractivity contribution < 1.29 is 28.6 Å². The Labute approximate surface area is 170 Å². The van der Waals surface area contributed by atoms with E-state index in [-0.39, 0.29) is 11.0 Å². The minimum Gasteiger partial charge on any atom is -0.497 e. The van der Waals surface area contributed by atoms with Crippen LogP contribution in [0.4, 0.5) is 0 Å². The molecule has 0 aliphatic rings. The summed E-state index contributed by atoms with van der Waals surface area (Å²) in [6.07, 6.45) is 0. The lowest BCUT2D eigenvalue weighted by Gasteiger charge is -2.19. The molecule has 1 N–H and O–H groups in total. The third-order valence-corrected chi connectivity index (χ3v) is 4.19. The van der Waals surface area contributed by atoms with Gasteiger partial charge in [-0.05, 0) is 35.2 Å². The number of esters is 1. The standard InChI is InChI=1S/C22H25NO6/c1-22(2,3)16-8-6-14(7-9-16)20(25)23-19(24)13-29-21(26)15-10-17(27-4)12-18(11-15)28-5/h6-12H,13H2,1-5H3,(H,23,24,25). The number of benzene rings is 2. The third-order valence-electron chi connectivity index (χ3n) is 4.19. The highest BCUT2D eigenvalue weighted by Crippen LogP contribution is 2.23. The first-order chi connectivity index (χ1) is 13.6. The lowest BCUT2D eigenvalue weighted by Crippen LogP contribution is -2.34. The predicted octanol–water partition coefficient (Wildman–Crippen LogP) is 3.11. The molecule has 0 bridgehead atoms. The fourth-order valence-electron chi connectivity index (χ4n) is 2.50. The second-order valence-corrected chi connectivity index (χ2v) is 7.38. The second kappa shape index (κ2) is 9.23. The second-order valence-electron chi connectivity index (χ2n) is 7.38. The maximum absolute atomic E-state index is 12.2. The molecule has 2 aromatic carbocycles. The van der Waals surface area contributed by atoms with Crippen molar-refractivity contribution in [2.24, 2.45) is 0 Å². The molecule has 7 heteroatoms. The quantitative estimate of drug-likeness (QED) is 0.751. The molecule has 0 saturated heterocycles. The van der Waals surface area contributed by atoms with E-state index in [1.54, 1.807) is 18.2 Å². The molecule has 154 valence electrons. The van der Waals surface area contributed by atoms with E-state index in [0.717, 1.165) is 5.56 Å². The summed E-state index contributed by atoms with van der Waals surface area (Å²) in [5.41, 5.74) is 1.54. The third kappa shape index (κ3) is 6.07. The average Bonchev–Trinajstić information content (AvgIpc) is 2.70. The van der Waals surface area contributed by atoms with Gasteiger partial charge in [0.25, 0.3) is 11.8 Å². The topological polar surface area (TPSA) is 90.9 Å². The Morgan fingerprint density at radius 1 is 0.862 bits per heavy atom. The van der Waals surface area contributed by atoms with Gasteiger partial charge in [0, 0.05) is 11.6 Å². The molecule has 29 heavy (non-hydrogen) atoms. The van der Waals surface area contributed by atoms with E-state index in [1.807, 2.05) is 12.1 Å². The first kappa shape index (κ1) is 21.9. The van der Waals surface area contributed by atoms with Crippen molar-refractivity contribution in [2.45, 2.75) is 26.2 Å². The van der Waals surface area contributed by atoms with Crippen molar-refractivity contribution in [1.29, 1.82) is 0 Å². The molecule has 0 aromatic heterocycles. The molecule has 0 unspecified atom stereocenters.